The van der Waals surface area contributed by atoms with Crippen LogP contribution in [0.15, 0.2) is 60.8 Å². The summed E-state index contributed by atoms with van der Waals surface area (Å²) in [6, 6.07) is 15.6. The van der Waals surface area contributed by atoms with Crippen molar-refractivity contribution in [3.63, 3.8) is 0 Å². The van der Waals surface area contributed by atoms with Crippen LogP contribution in [0.3, 0.4) is 0 Å². The number of hydrogen-bond acceptors (Lipinski definition) is 2. The minimum atomic E-state index is -0.330. The van der Waals surface area contributed by atoms with Gasteiger partial charge in [-0.25, -0.2) is 4.98 Å². The van der Waals surface area contributed by atoms with Crippen molar-refractivity contribution in [2.45, 2.75) is 0 Å². The normalized spacial score (nSPS) is 11.1. The van der Waals surface area contributed by atoms with E-state index in [1.165, 1.54) is 0 Å². The molecule has 0 spiro atoms. The highest BCUT2D eigenvalue weighted by Crippen LogP contribution is 2.32. The van der Waals surface area contributed by atoms with Crippen LogP contribution < -0.4 is 0 Å². The minimum absolute atomic E-state index is 0.198. The van der Waals surface area contributed by atoms with Crippen molar-refractivity contribution < 1.29 is 4.79 Å². The third kappa shape index (κ3) is 3.32. The molecule has 27 heavy (non-hydrogen) atoms. The third-order valence-corrected chi connectivity index (χ3v) is 5.34. The van der Waals surface area contributed by atoms with Gasteiger partial charge < -0.3 is 0 Å². The molecule has 2 heterocycles. The average molecular weight is 436 g/mol. The van der Waals surface area contributed by atoms with Crippen molar-refractivity contribution in [2.24, 2.45) is 0 Å². The maximum Gasteiger partial charge on any atom is 0.230 e. The number of nitrogens with zero attached hydrogens (tertiary/aromatic N) is 2. The highest BCUT2D eigenvalue weighted by Gasteiger charge is 2.22. The van der Waals surface area contributed by atoms with E-state index in [9.17, 15) is 4.79 Å². The van der Waals surface area contributed by atoms with Gasteiger partial charge in [-0.15, -0.1) is 0 Å². The van der Waals surface area contributed by atoms with Gasteiger partial charge in [-0.05, 0) is 42.5 Å². The van der Waals surface area contributed by atoms with Crippen molar-refractivity contribution in [3.05, 3.63) is 92.3 Å². The van der Waals surface area contributed by atoms with Crippen molar-refractivity contribution in [2.75, 3.05) is 0 Å². The highest BCUT2D eigenvalue weighted by atomic mass is 35.5. The number of ketones is 1. The molecular weight excluding hydrogens is 426 g/mol. The van der Waals surface area contributed by atoms with Crippen molar-refractivity contribution in [3.8, 4) is 11.3 Å². The maximum atomic E-state index is 13.1. The quantitative estimate of drug-likeness (QED) is 0.330. The van der Waals surface area contributed by atoms with E-state index in [0.29, 0.717) is 26.3 Å². The van der Waals surface area contributed by atoms with Crippen LogP contribution >= 0.6 is 46.4 Å². The average Bonchev–Trinajstić information content (AvgIpc) is 3.02. The Hall–Kier alpha value is -2.04. The Morgan fingerprint density at radius 2 is 1.63 bits per heavy atom. The first-order valence-corrected chi connectivity index (χ1v) is 9.39. The Balaban J connectivity index is 1.95. The second kappa shape index (κ2) is 7.17. The predicted molar refractivity (Wildman–Crippen MR) is 111 cm³/mol. The van der Waals surface area contributed by atoms with Gasteiger partial charge in [0.25, 0.3) is 0 Å². The molecule has 3 nitrogen and oxygen atoms in total. The number of pyridine rings is 1. The highest BCUT2D eigenvalue weighted by molar-refractivity contribution is 6.44. The van der Waals surface area contributed by atoms with Crippen molar-refractivity contribution in [1.29, 1.82) is 0 Å². The molecule has 4 rings (SSSR count). The number of imidazole rings is 1. The molecule has 0 bridgehead atoms. The molecule has 0 radical (unpaired) electrons. The molecule has 0 N–H and O–H groups in total. The molecule has 0 atom stereocenters. The molecule has 0 unspecified atom stereocenters. The molecule has 0 saturated carbocycles. The summed E-state index contributed by atoms with van der Waals surface area (Å²) in [5, 5.41) is 1.48. The van der Waals surface area contributed by atoms with E-state index in [1.807, 2.05) is 18.2 Å². The summed E-state index contributed by atoms with van der Waals surface area (Å²) in [6.07, 6.45) is 1.77. The Labute approximate surface area is 175 Å². The lowest BCUT2D eigenvalue weighted by molar-refractivity contribution is 0.102. The van der Waals surface area contributed by atoms with Gasteiger partial charge in [-0.3, -0.25) is 9.20 Å². The van der Waals surface area contributed by atoms with Crippen LogP contribution in [0.1, 0.15) is 16.2 Å². The van der Waals surface area contributed by atoms with Crippen LogP contribution in [-0.4, -0.2) is 15.2 Å². The van der Waals surface area contributed by atoms with Gasteiger partial charge in [-0.2, -0.15) is 0 Å². The number of rotatable bonds is 3. The molecular formula is C20H10Cl4N2O. The van der Waals surface area contributed by atoms with E-state index in [4.69, 9.17) is 46.4 Å². The van der Waals surface area contributed by atoms with Crippen LogP contribution in [0.5, 0.6) is 0 Å². The molecule has 0 saturated heterocycles. The zero-order chi connectivity index (χ0) is 19.1. The molecule has 0 aliphatic heterocycles. The molecule has 2 aromatic carbocycles. The fourth-order valence-corrected chi connectivity index (χ4v) is 3.81. The van der Waals surface area contributed by atoms with Crippen LogP contribution in [0.25, 0.3) is 16.8 Å². The van der Waals surface area contributed by atoms with Gasteiger partial charge >= 0.3 is 0 Å². The summed E-state index contributed by atoms with van der Waals surface area (Å²) in [5.41, 5.74) is 2.35. The molecule has 7 heteroatoms. The fraction of sp³-hybridized carbons (Fsp3) is 0. The Morgan fingerprint density at radius 1 is 0.889 bits per heavy atom. The number of fused-ring (bicyclic) bond motifs is 1. The van der Waals surface area contributed by atoms with Gasteiger partial charge in [0.05, 0.1) is 21.3 Å². The summed E-state index contributed by atoms with van der Waals surface area (Å²) in [5.74, 6) is -0.107. The molecule has 0 aliphatic rings. The van der Waals surface area contributed by atoms with Gasteiger partial charge in [0.2, 0.25) is 5.78 Å². The maximum absolute atomic E-state index is 13.1. The summed E-state index contributed by atoms with van der Waals surface area (Å²) < 4.78 is 1.71. The van der Waals surface area contributed by atoms with Gasteiger partial charge in [0, 0.05) is 27.4 Å². The van der Waals surface area contributed by atoms with E-state index < -0.39 is 0 Å². The van der Waals surface area contributed by atoms with Gasteiger partial charge in [-0.1, -0.05) is 58.5 Å². The van der Waals surface area contributed by atoms with Crippen molar-refractivity contribution >= 4 is 57.7 Å². The molecule has 0 fully saturated rings. The Kier molecular flexibility index (Phi) is 4.87. The van der Waals surface area contributed by atoms with Crippen molar-refractivity contribution in [1.82, 2.24) is 9.38 Å². The smallest absolute Gasteiger partial charge is 0.230 e. The summed E-state index contributed by atoms with van der Waals surface area (Å²) in [7, 11) is 0. The number of hydrogen-bond donors (Lipinski definition) is 0. The largest absolute Gasteiger partial charge is 0.296 e. The van der Waals surface area contributed by atoms with Gasteiger partial charge in [0.15, 0.2) is 5.82 Å². The van der Waals surface area contributed by atoms with E-state index in [0.717, 1.165) is 5.52 Å². The number of benzene rings is 2. The van der Waals surface area contributed by atoms with Gasteiger partial charge in [0.1, 0.15) is 0 Å². The molecule has 0 amide bonds. The topological polar surface area (TPSA) is 34.4 Å². The molecule has 134 valence electrons. The number of carbonyl (C=O) groups excluding carboxylic acids is 1. The predicted octanol–water partition coefficient (Wildman–Crippen LogP) is 6.85. The molecule has 4 aromatic rings. The third-order valence-electron chi connectivity index (χ3n) is 4.08. The molecule has 2 aromatic heterocycles. The van der Waals surface area contributed by atoms with E-state index >= 15 is 0 Å². The Bertz CT molecular complexity index is 1180. The second-order valence-electron chi connectivity index (χ2n) is 5.83. The molecule has 0 aliphatic carbocycles. The number of carbonyl (C=O) groups is 1. The lowest BCUT2D eigenvalue weighted by atomic mass is 10.1. The Morgan fingerprint density at radius 3 is 2.37 bits per heavy atom. The zero-order valence-corrected chi connectivity index (χ0v) is 16.6. The van der Waals surface area contributed by atoms with Crippen LogP contribution in [-0.2, 0) is 0 Å². The zero-order valence-electron chi connectivity index (χ0n) is 13.6. The monoisotopic (exact) mass is 434 g/mol. The van der Waals surface area contributed by atoms with E-state index in [1.54, 1.807) is 47.0 Å². The van der Waals surface area contributed by atoms with Crippen LogP contribution in [0, 0.1) is 0 Å². The first-order chi connectivity index (χ1) is 13.0. The SMILES string of the molecule is O=C(c1cccc(Cl)c1Cl)c1nc(-c2cc(Cl)cc(Cl)c2)c2ccccn12. The number of aromatic nitrogens is 2. The second-order valence-corrected chi connectivity index (χ2v) is 7.49. The van der Waals surface area contributed by atoms with Crippen LogP contribution in [0.2, 0.25) is 20.1 Å². The fourth-order valence-electron chi connectivity index (χ4n) is 2.90. The van der Waals surface area contributed by atoms with Crippen LogP contribution in [0.4, 0.5) is 0 Å². The number of halogens is 4. The van der Waals surface area contributed by atoms with E-state index in [-0.39, 0.29) is 22.2 Å². The summed E-state index contributed by atoms with van der Waals surface area (Å²) in [6.45, 7) is 0. The minimum Gasteiger partial charge on any atom is -0.296 e. The lowest BCUT2D eigenvalue weighted by Crippen LogP contribution is -2.07. The summed E-state index contributed by atoms with van der Waals surface area (Å²) >= 11 is 24.6. The lowest BCUT2D eigenvalue weighted by Gasteiger charge is -2.04. The first-order valence-electron chi connectivity index (χ1n) is 7.88. The van der Waals surface area contributed by atoms with E-state index in [2.05, 4.69) is 4.98 Å². The first kappa shape index (κ1) is 18.3. The standard InChI is InChI=1S/C20H10Cl4N2O/c21-12-8-11(9-13(22)10-12)18-16-6-1-2-7-26(16)20(25-18)19(27)14-4-3-5-15(23)17(14)24/h1-10H. The summed E-state index contributed by atoms with van der Waals surface area (Å²) in [4.78, 5) is 17.7.